The minimum absolute atomic E-state index is 0.171. The standard InChI is InChI=1S/C18H24O5S/c1-12-3-5-14(6-4-12)24(19,20)23-17-13(2)11-16-15(17)7-8-18(16)21-9-10-22-18/h3-6,13,15-17H,7-11H2,1-2H3/t13?,15-,16-,17?/m0/s1. The number of ether oxygens (including phenoxy) is 2. The van der Waals surface area contributed by atoms with Crippen LogP contribution in [0.25, 0.3) is 0 Å². The first-order valence-corrected chi connectivity index (χ1v) is 10.1. The Hall–Kier alpha value is -0.950. The van der Waals surface area contributed by atoms with E-state index in [-0.39, 0.29) is 28.8 Å². The SMILES string of the molecule is Cc1ccc(S(=O)(=O)OC2C(C)C[C@H]3[C@@H]2CCC32OCCO2)cc1. The molecule has 0 amide bonds. The number of rotatable bonds is 3. The lowest BCUT2D eigenvalue weighted by atomic mass is 9.96. The lowest BCUT2D eigenvalue weighted by Crippen LogP contribution is -2.35. The molecule has 2 unspecified atom stereocenters. The highest BCUT2D eigenvalue weighted by atomic mass is 32.2. The molecule has 1 aromatic carbocycles. The normalized spacial score (nSPS) is 34.8. The van der Waals surface area contributed by atoms with E-state index in [0.29, 0.717) is 13.2 Å². The molecule has 4 atom stereocenters. The average Bonchev–Trinajstić information content (AvgIpc) is 3.22. The van der Waals surface area contributed by atoms with Gasteiger partial charge >= 0.3 is 0 Å². The van der Waals surface area contributed by atoms with Crippen molar-refractivity contribution < 1.29 is 22.1 Å². The van der Waals surface area contributed by atoms with E-state index < -0.39 is 15.9 Å². The van der Waals surface area contributed by atoms with Gasteiger partial charge in [-0.1, -0.05) is 24.6 Å². The van der Waals surface area contributed by atoms with E-state index >= 15 is 0 Å². The van der Waals surface area contributed by atoms with Gasteiger partial charge < -0.3 is 9.47 Å². The molecule has 3 fully saturated rings. The highest BCUT2D eigenvalue weighted by molar-refractivity contribution is 7.86. The van der Waals surface area contributed by atoms with Gasteiger partial charge in [-0.3, -0.25) is 4.18 Å². The predicted octanol–water partition coefficient (Wildman–Crippen LogP) is 2.88. The molecule has 5 nitrogen and oxygen atoms in total. The van der Waals surface area contributed by atoms with Gasteiger partial charge in [-0.2, -0.15) is 8.42 Å². The van der Waals surface area contributed by atoms with Gasteiger partial charge in [-0.05, 0) is 43.7 Å². The van der Waals surface area contributed by atoms with Gasteiger partial charge in [0.2, 0.25) is 0 Å². The minimum atomic E-state index is -3.75. The van der Waals surface area contributed by atoms with Crippen molar-refractivity contribution in [2.75, 3.05) is 13.2 Å². The van der Waals surface area contributed by atoms with Crippen molar-refractivity contribution in [3.05, 3.63) is 29.8 Å². The molecule has 1 aromatic rings. The van der Waals surface area contributed by atoms with Gasteiger partial charge in [0, 0.05) is 12.3 Å². The van der Waals surface area contributed by atoms with Gasteiger partial charge in [0.15, 0.2) is 5.79 Å². The van der Waals surface area contributed by atoms with Crippen LogP contribution in [0.3, 0.4) is 0 Å². The first-order chi connectivity index (χ1) is 11.4. The molecule has 1 heterocycles. The monoisotopic (exact) mass is 352 g/mol. The number of hydrogen-bond donors (Lipinski definition) is 0. The highest BCUT2D eigenvalue weighted by Gasteiger charge is 2.60. The molecule has 24 heavy (non-hydrogen) atoms. The zero-order valence-corrected chi connectivity index (χ0v) is 14.9. The van der Waals surface area contributed by atoms with E-state index in [4.69, 9.17) is 13.7 Å². The topological polar surface area (TPSA) is 61.8 Å². The largest absolute Gasteiger partial charge is 0.347 e. The number of aryl methyl sites for hydroxylation is 1. The number of benzene rings is 1. The van der Waals surface area contributed by atoms with Crippen LogP contribution in [-0.4, -0.2) is 33.5 Å². The summed E-state index contributed by atoms with van der Waals surface area (Å²) in [6, 6.07) is 6.81. The van der Waals surface area contributed by atoms with Crippen LogP contribution < -0.4 is 0 Å². The summed E-state index contributed by atoms with van der Waals surface area (Å²) in [5, 5.41) is 0. The summed E-state index contributed by atoms with van der Waals surface area (Å²) in [6.45, 7) is 5.26. The lowest BCUT2D eigenvalue weighted by Gasteiger charge is -2.28. The molecule has 132 valence electrons. The van der Waals surface area contributed by atoms with E-state index in [0.717, 1.165) is 24.8 Å². The molecule has 1 spiro atoms. The second-order valence-corrected chi connectivity index (χ2v) is 8.93. The fraction of sp³-hybridized carbons (Fsp3) is 0.667. The van der Waals surface area contributed by atoms with Crippen LogP contribution in [0, 0.1) is 24.7 Å². The molecule has 6 heteroatoms. The molecular formula is C18H24O5S. The van der Waals surface area contributed by atoms with Gasteiger partial charge in [-0.25, -0.2) is 0 Å². The molecule has 4 rings (SSSR count). The first kappa shape index (κ1) is 16.5. The highest BCUT2D eigenvalue weighted by Crippen LogP contribution is 2.56. The maximum absolute atomic E-state index is 12.7. The Labute approximate surface area is 143 Å². The third-order valence-electron chi connectivity index (χ3n) is 5.84. The number of hydrogen-bond acceptors (Lipinski definition) is 5. The van der Waals surface area contributed by atoms with Crippen LogP contribution in [-0.2, 0) is 23.8 Å². The second kappa shape index (κ2) is 5.80. The molecule has 0 aromatic heterocycles. The molecule has 0 bridgehead atoms. The smallest absolute Gasteiger partial charge is 0.297 e. The van der Waals surface area contributed by atoms with Crippen LogP contribution >= 0.6 is 0 Å². The van der Waals surface area contributed by atoms with Crippen LogP contribution in [0.5, 0.6) is 0 Å². The Balaban J connectivity index is 1.55. The summed E-state index contributed by atoms with van der Waals surface area (Å²) in [5.41, 5.74) is 1.02. The zero-order valence-electron chi connectivity index (χ0n) is 14.1. The summed E-state index contributed by atoms with van der Waals surface area (Å²) < 4.78 is 42.9. The fourth-order valence-electron chi connectivity index (χ4n) is 4.69. The third-order valence-corrected chi connectivity index (χ3v) is 7.17. The summed E-state index contributed by atoms with van der Waals surface area (Å²) in [6.07, 6.45) is 2.31. The van der Waals surface area contributed by atoms with Gasteiger partial charge in [0.1, 0.15) is 0 Å². The van der Waals surface area contributed by atoms with Gasteiger partial charge in [0.25, 0.3) is 10.1 Å². The van der Waals surface area contributed by atoms with Crippen molar-refractivity contribution in [3.63, 3.8) is 0 Å². The van der Waals surface area contributed by atoms with Crippen LogP contribution in [0.1, 0.15) is 31.7 Å². The maximum Gasteiger partial charge on any atom is 0.297 e. The summed E-state index contributed by atoms with van der Waals surface area (Å²) in [7, 11) is -3.75. The molecule has 3 aliphatic rings. The Morgan fingerprint density at radius 2 is 1.83 bits per heavy atom. The van der Waals surface area contributed by atoms with Crippen molar-refractivity contribution in [1.82, 2.24) is 0 Å². The Morgan fingerprint density at radius 1 is 1.17 bits per heavy atom. The zero-order chi connectivity index (χ0) is 16.9. The molecule has 1 saturated heterocycles. The van der Waals surface area contributed by atoms with E-state index in [1.165, 1.54) is 0 Å². The van der Waals surface area contributed by atoms with Crippen molar-refractivity contribution in [1.29, 1.82) is 0 Å². The van der Waals surface area contributed by atoms with E-state index in [2.05, 4.69) is 6.92 Å². The fourth-order valence-corrected chi connectivity index (χ4v) is 5.89. The first-order valence-electron chi connectivity index (χ1n) is 8.69. The van der Waals surface area contributed by atoms with Gasteiger partial charge in [0.05, 0.1) is 24.2 Å². The van der Waals surface area contributed by atoms with Gasteiger partial charge in [-0.15, -0.1) is 0 Å². The van der Waals surface area contributed by atoms with E-state index in [1.54, 1.807) is 24.3 Å². The molecule has 0 radical (unpaired) electrons. The Bertz CT molecular complexity index is 705. The second-order valence-electron chi connectivity index (χ2n) is 7.36. The van der Waals surface area contributed by atoms with E-state index in [9.17, 15) is 8.42 Å². The van der Waals surface area contributed by atoms with Crippen LogP contribution in [0.15, 0.2) is 29.2 Å². The van der Waals surface area contributed by atoms with Crippen LogP contribution in [0.4, 0.5) is 0 Å². The average molecular weight is 352 g/mol. The predicted molar refractivity (Wildman–Crippen MR) is 87.9 cm³/mol. The summed E-state index contributed by atoms with van der Waals surface area (Å²) in [4.78, 5) is 0.227. The van der Waals surface area contributed by atoms with Crippen molar-refractivity contribution in [2.45, 2.75) is 49.9 Å². The lowest BCUT2D eigenvalue weighted by molar-refractivity contribution is -0.184. The Morgan fingerprint density at radius 3 is 2.50 bits per heavy atom. The molecule has 0 N–H and O–H groups in total. The summed E-state index contributed by atoms with van der Waals surface area (Å²) in [5.74, 6) is 0.0849. The molecular weight excluding hydrogens is 328 g/mol. The van der Waals surface area contributed by atoms with E-state index in [1.807, 2.05) is 6.92 Å². The maximum atomic E-state index is 12.7. The van der Waals surface area contributed by atoms with Crippen LogP contribution in [0.2, 0.25) is 0 Å². The molecule has 2 saturated carbocycles. The number of fused-ring (bicyclic) bond motifs is 2. The van der Waals surface area contributed by atoms with Crippen molar-refractivity contribution >= 4 is 10.1 Å². The van der Waals surface area contributed by atoms with Crippen molar-refractivity contribution in [3.8, 4) is 0 Å². The molecule has 1 aliphatic heterocycles. The van der Waals surface area contributed by atoms with Crippen molar-refractivity contribution in [2.24, 2.45) is 17.8 Å². The summed E-state index contributed by atoms with van der Waals surface area (Å²) >= 11 is 0. The minimum Gasteiger partial charge on any atom is -0.347 e. The Kier molecular flexibility index (Phi) is 3.99. The molecule has 2 aliphatic carbocycles. The third kappa shape index (κ3) is 2.60. The quantitative estimate of drug-likeness (QED) is 0.783.